The predicted octanol–water partition coefficient (Wildman–Crippen LogP) is 2.24. The highest BCUT2D eigenvalue weighted by Crippen LogP contribution is 2.17. The van der Waals surface area contributed by atoms with Crippen molar-refractivity contribution in [1.82, 2.24) is 9.97 Å². The van der Waals surface area contributed by atoms with Gasteiger partial charge in [0.15, 0.2) is 0 Å². The van der Waals surface area contributed by atoms with Crippen molar-refractivity contribution in [2.24, 2.45) is 5.84 Å². The van der Waals surface area contributed by atoms with Gasteiger partial charge in [0.25, 0.3) is 0 Å². The van der Waals surface area contributed by atoms with Crippen molar-refractivity contribution in [2.45, 2.75) is 20.4 Å². The molecule has 0 bridgehead atoms. The van der Waals surface area contributed by atoms with Crippen molar-refractivity contribution < 1.29 is 4.39 Å². The summed E-state index contributed by atoms with van der Waals surface area (Å²) in [5, 5.41) is 0. The fourth-order valence-corrected chi connectivity index (χ4v) is 1.98. The first-order valence-corrected chi connectivity index (χ1v) is 6.44. The van der Waals surface area contributed by atoms with Crippen LogP contribution >= 0.6 is 0 Å². The van der Waals surface area contributed by atoms with Crippen LogP contribution in [0.15, 0.2) is 30.3 Å². The van der Waals surface area contributed by atoms with Gasteiger partial charge in [0.2, 0.25) is 0 Å². The molecule has 2 aromatic rings. The van der Waals surface area contributed by atoms with E-state index in [4.69, 9.17) is 5.84 Å². The topological polar surface area (TPSA) is 67.1 Å². The van der Waals surface area contributed by atoms with Crippen molar-refractivity contribution in [3.05, 3.63) is 47.7 Å². The molecule has 0 unspecified atom stereocenters. The molecule has 0 spiro atoms. The number of anilines is 2. The average molecular weight is 275 g/mol. The van der Waals surface area contributed by atoms with E-state index < -0.39 is 0 Å². The number of hydrazine groups is 1. The zero-order valence-corrected chi connectivity index (χ0v) is 11.6. The second-order valence-corrected chi connectivity index (χ2v) is 4.45. The molecule has 6 heteroatoms. The lowest BCUT2D eigenvalue weighted by Crippen LogP contribution is -2.24. The number of halogens is 1. The van der Waals surface area contributed by atoms with Crippen LogP contribution in [-0.2, 0) is 6.54 Å². The van der Waals surface area contributed by atoms with Gasteiger partial charge in [-0.1, -0.05) is 0 Å². The third-order valence-corrected chi connectivity index (χ3v) is 2.95. The van der Waals surface area contributed by atoms with Gasteiger partial charge in [0.1, 0.15) is 17.5 Å². The number of nitrogens with zero attached hydrogens (tertiary/aromatic N) is 3. The van der Waals surface area contributed by atoms with Crippen LogP contribution < -0.4 is 16.2 Å². The van der Waals surface area contributed by atoms with Crippen LogP contribution in [0.1, 0.15) is 18.4 Å². The summed E-state index contributed by atoms with van der Waals surface area (Å²) in [7, 11) is 0. The average Bonchev–Trinajstić information content (AvgIpc) is 2.45. The van der Waals surface area contributed by atoms with E-state index in [0.29, 0.717) is 18.2 Å². The molecule has 0 atom stereocenters. The Morgan fingerprint density at radius 3 is 2.55 bits per heavy atom. The Labute approximate surface area is 117 Å². The van der Waals surface area contributed by atoms with Crippen LogP contribution in [0.25, 0.3) is 0 Å². The Morgan fingerprint density at radius 1 is 1.25 bits per heavy atom. The van der Waals surface area contributed by atoms with Crippen LogP contribution in [0.5, 0.6) is 0 Å². The molecular weight excluding hydrogens is 257 g/mol. The maximum absolute atomic E-state index is 13.0. The molecule has 0 aliphatic carbocycles. The molecule has 3 N–H and O–H groups in total. The second kappa shape index (κ2) is 6.29. The number of nitrogen functional groups attached to an aromatic ring is 1. The summed E-state index contributed by atoms with van der Waals surface area (Å²) in [6.45, 7) is 5.23. The Kier molecular flexibility index (Phi) is 4.47. The molecule has 1 heterocycles. The summed E-state index contributed by atoms with van der Waals surface area (Å²) in [5.41, 5.74) is 4.30. The number of nitrogens with one attached hydrogen (secondary N) is 1. The minimum absolute atomic E-state index is 0.244. The molecule has 0 amide bonds. The summed E-state index contributed by atoms with van der Waals surface area (Å²) >= 11 is 0. The van der Waals surface area contributed by atoms with Crippen molar-refractivity contribution in [2.75, 3.05) is 16.9 Å². The lowest BCUT2D eigenvalue weighted by Gasteiger charge is -2.22. The van der Waals surface area contributed by atoms with E-state index in [0.717, 1.165) is 17.9 Å². The van der Waals surface area contributed by atoms with E-state index in [1.807, 2.05) is 13.8 Å². The Hall–Kier alpha value is -2.21. The van der Waals surface area contributed by atoms with Crippen LogP contribution in [0.2, 0.25) is 0 Å². The van der Waals surface area contributed by atoms with E-state index in [9.17, 15) is 4.39 Å². The monoisotopic (exact) mass is 275 g/mol. The minimum atomic E-state index is -0.244. The molecule has 5 nitrogen and oxygen atoms in total. The zero-order chi connectivity index (χ0) is 14.5. The van der Waals surface area contributed by atoms with Gasteiger partial charge in [-0.05, 0) is 38.1 Å². The van der Waals surface area contributed by atoms with Gasteiger partial charge in [-0.2, -0.15) is 0 Å². The van der Waals surface area contributed by atoms with E-state index in [-0.39, 0.29) is 5.82 Å². The van der Waals surface area contributed by atoms with Gasteiger partial charge in [0, 0.05) is 24.0 Å². The SMILES string of the molecule is CCN(Cc1nc(C)cc(NN)n1)c1ccc(F)cc1. The van der Waals surface area contributed by atoms with E-state index in [2.05, 4.69) is 20.3 Å². The number of rotatable bonds is 5. The molecule has 0 aliphatic rings. The maximum atomic E-state index is 13.0. The van der Waals surface area contributed by atoms with E-state index in [1.54, 1.807) is 18.2 Å². The highest BCUT2D eigenvalue weighted by Gasteiger charge is 2.09. The van der Waals surface area contributed by atoms with Crippen molar-refractivity contribution in [3.8, 4) is 0 Å². The largest absolute Gasteiger partial charge is 0.364 e. The molecule has 20 heavy (non-hydrogen) atoms. The molecule has 1 aromatic heterocycles. The number of hydrogen-bond acceptors (Lipinski definition) is 5. The summed E-state index contributed by atoms with van der Waals surface area (Å²) in [4.78, 5) is 10.8. The standard InChI is InChI=1S/C14H18FN5/c1-3-20(12-6-4-11(15)5-7-12)9-14-17-10(2)8-13(18-14)19-16/h4-8H,3,9,16H2,1-2H3,(H,17,18,19). The first-order valence-electron chi connectivity index (χ1n) is 6.44. The molecule has 106 valence electrons. The van der Waals surface area contributed by atoms with Gasteiger partial charge < -0.3 is 10.3 Å². The molecule has 0 saturated carbocycles. The Morgan fingerprint density at radius 2 is 1.95 bits per heavy atom. The fourth-order valence-electron chi connectivity index (χ4n) is 1.98. The van der Waals surface area contributed by atoms with Crippen molar-refractivity contribution >= 4 is 11.5 Å². The molecule has 0 aliphatic heterocycles. The Balaban J connectivity index is 2.21. The molecule has 0 radical (unpaired) electrons. The number of nitrogens with two attached hydrogens (primary N) is 1. The molecule has 1 aromatic carbocycles. The number of hydrogen-bond donors (Lipinski definition) is 2. The van der Waals surface area contributed by atoms with Gasteiger partial charge in [0.05, 0.1) is 6.54 Å². The number of aryl methyl sites for hydroxylation is 1. The van der Waals surface area contributed by atoms with E-state index in [1.165, 1.54) is 12.1 Å². The van der Waals surface area contributed by atoms with Crippen molar-refractivity contribution in [1.29, 1.82) is 0 Å². The normalized spacial score (nSPS) is 10.4. The minimum Gasteiger partial charge on any atom is -0.364 e. The predicted molar refractivity (Wildman–Crippen MR) is 77.7 cm³/mol. The Bertz CT molecular complexity index is 570. The van der Waals surface area contributed by atoms with Gasteiger partial charge >= 0.3 is 0 Å². The summed E-state index contributed by atoms with van der Waals surface area (Å²) in [6.07, 6.45) is 0. The lowest BCUT2D eigenvalue weighted by atomic mass is 10.2. The van der Waals surface area contributed by atoms with Crippen LogP contribution in [-0.4, -0.2) is 16.5 Å². The summed E-state index contributed by atoms with van der Waals surface area (Å²) < 4.78 is 13.0. The number of aromatic nitrogens is 2. The quantitative estimate of drug-likeness (QED) is 0.647. The first-order chi connectivity index (χ1) is 9.62. The lowest BCUT2D eigenvalue weighted by molar-refractivity contribution is 0.627. The summed E-state index contributed by atoms with van der Waals surface area (Å²) in [5.74, 6) is 6.40. The highest BCUT2D eigenvalue weighted by atomic mass is 19.1. The smallest absolute Gasteiger partial charge is 0.150 e. The van der Waals surface area contributed by atoms with E-state index >= 15 is 0 Å². The first kappa shape index (κ1) is 14.2. The molecule has 2 rings (SSSR count). The van der Waals surface area contributed by atoms with Crippen LogP contribution in [0.4, 0.5) is 15.9 Å². The third-order valence-electron chi connectivity index (χ3n) is 2.95. The highest BCUT2D eigenvalue weighted by molar-refractivity contribution is 5.46. The van der Waals surface area contributed by atoms with Gasteiger partial charge in [-0.3, -0.25) is 0 Å². The molecule has 0 fully saturated rings. The third kappa shape index (κ3) is 3.42. The van der Waals surface area contributed by atoms with Crippen LogP contribution in [0, 0.1) is 12.7 Å². The fraction of sp³-hybridized carbons (Fsp3) is 0.286. The van der Waals surface area contributed by atoms with Crippen molar-refractivity contribution in [3.63, 3.8) is 0 Å². The maximum Gasteiger partial charge on any atom is 0.150 e. The van der Waals surface area contributed by atoms with Gasteiger partial charge in [-0.15, -0.1) is 0 Å². The molecular formula is C14H18FN5. The number of benzene rings is 1. The second-order valence-electron chi connectivity index (χ2n) is 4.45. The molecule has 0 saturated heterocycles. The van der Waals surface area contributed by atoms with Crippen LogP contribution in [0.3, 0.4) is 0 Å². The zero-order valence-electron chi connectivity index (χ0n) is 11.6. The van der Waals surface area contributed by atoms with Gasteiger partial charge in [-0.25, -0.2) is 20.2 Å². The summed E-state index contributed by atoms with van der Waals surface area (Å²) in [6, 6.07) is 8.16.